The molecular weight excluding hydrogens is 194 g/mol. The number of nitrogens with zero attached hydrogens (tertiary/aromatic N) is 3. The van der Waals surface area contributed by atoms with Crippen molar-refractivity contribution in [1.29, 1.82) is 0 Å². The summed E-state index contributed by atoms with van der Waals surface area (Å²) >= 11 is 0. The molecule has 2 rings (SSSR count). The molecule has 0 spiro atoms. The van der Waals surface area contributed by atoms with Crippen LogP contribution in [-0.2, 0) is 7.05 Å². The molecule has 0 fully saturated rings. The number of hydrogen-bond acceptors (Lipinski definition) is 3. The standard InChI is InChI=1S/C10H11N3O2/c1-6-4-8-7(2)11-12(3)10(8)5-9(6)13(14)15/h4-5H,1-3H3. The second-order valence-electron chi connectivity index (χ2n) is 3.62. The summed E-state index contributed by atoms with van der Waals surface area (Å²) in [4.78, 5) is 10.4. The molecule has 2 aromatic rings. The maximum absolute atomic E-state index is 10.8. The van der Waals surface area contributed by atoms with Crippen LogP contribution in [0.2, 0.25) is 0 Å². The molecule has 5 heteroatoms. The van der Waals surface area contributed by atoms with Crippen molar-refractivity contribution < 1.29 is 4.92 Å². The molecule has 78 valence electrons. The Balaban J connectivity index is 2.85. The Morgan fingerprint density at radius 1 is 1.40 bits per heavy atom. The Morgan fingerprint density at radius 2 is 2.07 bits per heavy atom. The highest BCUT2D eigenvalue weighted by Gasteiger charge is 2.15. The van der Waals surface area contributed by atoms with E-state index in [1.165, 1.54) is 0 Å². The van der Waals surface area contributed by atoms with Crippen molar-refractivity contribution in [2.45, 2.75) is 13.8 Å². The largest absolute Gasteiger partial charge is 0.274 e. The lowest BCUT2D eigenvalue weighted by Crippen LogP contribution is -1.94. The third-order valence-corrected chi connectivity index (χ3v) is 2.55. The maximum atomic E-state index is 10.8. The first-order valence-electron chi connectivity index (χ1n) is 4.59. The second kappa shape index (κ2) is 3.05. The number of rotatable bonds is 1. The van der Waals surface area contributed by atoms with E-state index >= 15 is 0 Å². The van der Waals surface area contributed by atoms with Crippen LogP contribution in [0.5, 0.6) is 0 Å². The fourth-order valence-corrected chi connectivity index (χ4v) is 1.77. The van der Waals surface area contributed by atoms with Crippen LogP contribution in [0.25, 0.3) is 10.9 Å². The van der Waals surface area contributed by atoms with Crippen molar-refractivity contribution in [3.8, 4) is 0 Å². The predicted molar refractivity (Wildman–Crippen MR) is 56.8 cm³/mol. The van der Waals surface area contributed by atoms with Gasteiger partial charge in [0, 0.05) is 24.1 Å². The fourth-order valence-electron chi connectivity index (χ4n) is 1.77. The number of benzene rings is 1. The van der Waals surface area contributed by atoms with Crippen molar-refractivity contribution >= 4 is 16.6 Å². The maximum Gasteiger partial charge on any atom is 0.274 e. The molecule has 1 aromatic carbocycles. The number of aromatic nitrogens is 2. The van der Waals surface area contributed by atoms with Crippen LogP contribution in [0.1, 0.15) is 11.3 Å². The summed E-state index contributed by atoms with van der Waals surface area (Å²) < 4.78 is 1.66. The average molecular weight is 205 g/mol. The molecule has 0 bridgehead atoms. The Bertz CT molecular complexity index is 557. The van der Waals surface area contributed by atoms with E-state index < -0.39 is 0 Å². The molecule has 1 heterocycles. The summed E-state index contributed by atoms with van der Waals surface area (Å²) in [6, 6.07) is 3.39. The zero-order chi connectivity index (χ0) is 11.2. The van der Waals surface area contributed by atoms with E-state index in [1.54, 1.807) is 24.7 Å². The molecule has 5 nitrogen and oxygen atoms in total. The highest BCUT2D eigenvalue weighted by molar-refractivity contribution is 5.85. The monoisotopic (exact) mass is 205 g/mol. The van der Waals surface area contributed by atoms with Gasteiger partial charge in [0.2, 0.25) is 0 Å². The number of aryl methyl sites for hydroxylation is 3. The zero-order valence-electron chi connectivity index (χ0n) is 8.81. The third kappa shape index (κ3) is 1.36. The SMILES string of the molecule is Cc1cc2c(C)nn(C)c2cc1[N+](=O)[O-]. The molecular formula is C10H11N3O2. The molecule has 15 heavy (non-hydrogen) atoms. The van der Waals surface area contributed by atoms with Gasteiger partial charge in [0.1, 0.15) is 0 Å². The minimum Gasteiger partial charge on any atom is -0.267 e. The Hall–Kier alpha value is -1.91. The summed E-state index contributed by atoms with van der Waals surface area (Å²) in [5.74, 6) is 0. The highest BCUT2D eigenvalue weighted by atomic mass is 16.6. The summed E-state index contributed by atoms with van der Waals surface area (Å²) in [7, 11) is 1.79. The predicted octanol–water partition coefficient (Wildman–Crippen LogP) is 2.10. The van der Waals surface area contributed by atoms with Crippen molar-refractivity contribution in [3.05, 3.63) is 33.5 Å². The van der Waals surface area contributed by atoms with E-state index in [2.05, 4.69) is 5.10 Å². The lowest BCUT2D eigenvalue weighted by atomic mass is 10.1. The van der Waals surface area contributed by atoms with E-state index in [0.717, 1.165) is 16.6 Å². The van der Waals surface area contributed by atoms with Crippen molar-refractivity contribution in [3.63, 3.8) is 0 Å². The highest BCUT2D eigenvalue weighted by Crippen LogP contribution is 2.26. The van der Waals surface area contributed by atoms with Gasteiger partial charge in [-0.05, 0) is 19.9 Å². The first-order valence-corrected chi connectivity index (χ1v) is 4.59. The molecule has 1 aromatic heterocycles. The van der Waals surface area contributed by atoms with Crippen LogP contribution in [0.3, 0.4) is 0 Å². The molecule has 0 unspecified atom stereocenters. The van der Waals surface area contributed by atoms with Gasteiger partial charge >= 0.3 is 0 Å². The molecule has 0 saturated heterocycles. The smallest absolute Gasteiger partial charge is 0.267 e. The number of fused-ring (bicyclic) bond motifs is 1. The van der Waals surface area contributed by atoms with Crippen LogP contribution in [0.4, 0.5) is 5.69 Å². The Kier molecular flexibility index (Phi) is 1.96. The molecule has 0 saturated carbocycles. The van der Waals surface area contributed by atoms with Crippen LogP contribution < -0.4 is 0 Å². The van der Waals surface area contributed by atoms with Gasteiger partial charge < -0.3 is 0 Å². The summed E-state index contributed by atoms with van der Waals surface area (Å²) in [5.41, 5.74) is 2.50. The van der Waals surface area contributed by atoms with E-state index in [9.17, 15) is 10.1 Å². The summed E-state index contributed by atoms with van der Waals surface area (Å²) in [6.07, 6.45) is 0. The first kappa shape index (κ1) is 9.64. The van der Waals surface area contributed by atoms with Gasteiger partial charge in [0.05, 0.1) is 16.1 Å². The second-order valence-corrected chi connectivity index (χ2v) is 3.62. The van der Waals surface area contributed by atoms with Crippen molar-refractivity contribution in [2.24, 2.45) is 7.05 Å². The minimum atomic E-state index is -0.364. The van der Waals surface area contributed by atoms with E-state index in [1.807, 2.05) is 13.0 Å². The molecule has 0 N–H and O–H groups in total. The van der Waals surface area contributed by atoms with E-state index in [4.69, 9.17) is 0 Å². The van der Waals surface area contributed by atoms with Crippen molar-refractivity contribution in [2.75, 3.05) is 0 Å². The molecule has 0 atom stereocenters. The first-order chi connectivity index (χ1) is 7.00. The quantitative estimate of drug-likeness (QED) is 0.529. The molecule has 0 aliphatic carbocycles. The van der Waals surface area contributed by atoms with Gasteiger partial charge in [-0.1, -0.05) is 0 Å². The number of hydrogen-bond donors (Lipinski definition) is 0. The van der Waals surface area contributed by atoms with Gasteiger partial charge in [-0.3, -0.25) is 14.8 Å². The van der Waals surface area contributed by atoms with Gasteiger partial charge in [-0.25, -0.2) is 0 Å². The molecule has 0 amide bonds. The minimum absolute atomic E-state index is 0.144. The fraction of sp³-hybridized carbons (Fsp3) is 0.300. The number of nitro groups is 1. The van der Waals surface area contributed by atoms with E-state index in [0.29, 0.717) is 5.56 Å². The van der Waals surface area contributed by atoms with E-state index in [-0.39, 0.29) is 10.6 Å². The Morgan fingerprint density at radius 3 is 2.67 bits per heavy atom. The van der Waals surface area contributed by atoms with Gasteiger partial charge in [0.25, 0.3) is 5.69 Å². The van der Waals surface area contributed by atoms with Crippen molar-refractivity contribution in [1.82, 2.24) is 9.78 Å². The topological polar surface area (TPSA) is 61.0 Å². The summed E-state index contributed by atoms with van der Waals surface area (Å²) in [6.45, 7) is 3.64. The van der Waals surface area contributed by atoms with Crippen LogP contribution in [-0.4, -0.2) is 14.7 Å². The zero-order valence-corrected chi connectivity index (χ0v) is 8.81. The average Bonchev–Trinajstić information content (AvgIpc) is 2.41. The Labute approximate surface area is 86.5 Å². The molecule has 0 aliphatic heterocycles. The normalized spacial score (nSPS) is 10.9. The van der Waals surface area contributed by atoms with Gasteiger partial charge in [-0.2, -0.15) is 5.10 Å². The molecule has 0 aliphatic rings. The lowest BCUT2D eigenvalue weighted by Gasteiger charge is -1.98. The van der Waals surface area contributed by atoms with Gasteiger partial charge in [-0.15, -0.1) is 0 Å². The summed E-state index contributed by atoms with van der Waals surface area (Å²) in [5, 5.41) is 16.0. The molecule has 0 radical (unpaired) electrons. The van der Waals surface area contributed by atoms with Crippen LogP contribution in [0, 0.1) is 24.0 Å². The van der Waals surface area contributed by atoms with Gasteiger partial charge in [0.15, 0.2) is 0 Å². The lowest BCUT2D eigenvalue weighted by molar-refractivity contribution is -0.385. The van der Waals surface area contributed by atoms with Crippen LogP contribution >= 0.6 is 0 Å². The third-order valence-electron chi connectivity index (χ3n) is 2.55. The number of nitro benzene ring substituents is 1. The van der Waals surface area contributed by atoms with Crippen LogP contribution in [0.15, 0.2) is 12.1 Å².